The van der Waals surface area contributed by atoms with Gasteiger partial charge in [-0.3, -0.25) is 4.79 Å². The number of amides is 1. The zero-order valence-electron chi connectivity index (χ0n) is 17.0. The van der Waals surface area contributed by atoms with E-state index < -0.39 is 0 Å². The number of nitrogens with one attached hydrogen (secondary N) is 1. The fraction of sp³-hybridized carbons (Fsp3) is 0.120. The molecule has 1 N–H and O–H groups in total. The monoisotopic (exact) mass is 399 g/mol. The number of carbonyl (C=O) groups excluding carboxylic acids is 1. The molecule has 0 saturated carbocycles. The van der Waals surface area contributed by atoms with Gasteiger partial charge in [0.25, 0.3) is 5.91 Å². The molecular formula is C25H23N2O3+. The molecule has 0 spiro atoms. The van der Waals surface area contributed by atoms with Gasteiger partial charge in [0, 0.05) is 23.3 Å². The quantitative estimate of drug-likeness (QED) is 0.488. The molecule has 1 heterocycles. The molecule has 0 unspecified atom stereocenters. The zero-order valence-corrected chi connectivity index (χ0v) is 17.0. The number of benzene rings is 3. The lowest BCUT2D eigenvalue weighted by Gasteiger charge is -2.07. The molecule has 5 heteroatoms. The molecule has 30 heavy (non-hydrogen) atoms. The number of pyridine rings is 1. The van der Waals surface area contributed by atoms with Gasteiger partial charge in [0.2, 0.25) is 0 Å². The van der Waals surface area contributed by atoms with Crippen LogP contribution >= 0.6 is 0 Å². The second-order valence-corrected chi connectivity index (χ2v) is 6.99. The van der Waals surface area contributed by atoms with E-state index in [9.17, 15) is 4.79 Å². The number of nitrogens with zero attached hydrogens (tertiary/aromatic N) is 1. The maximum Gasteiger partial charge on any atom is 0.255 e. The highest BCUT2D eigenvalue weighted by Gasteiger charge is 2.09. The summed E-state index contributed by atoms with van der Waals surface area (Å²) in [6.45, 7) is 0.742. The van der Waals surface area contributed by atoms with Crippen molar-refractivity contribution in [1.82, 2.24) is 0 Å². The number of anilines is 1. The highest BCUT2D eigenvalue weighted by Crippen LogP contribution is 2.22. The van der Waals surface area contributed by atoms with E-state index in [0.717, 1.165) is 34.5 Å². The van der Waals surface area contributed by atoms with E-state index in [1.807, 2.05) is 85.2 Å². The van der Waals surface area contributed by atoms with Gasteiger partial charge >= 0.3 is 0 Å². The van der Waals surface area contributed by atoms with Crippen LogP contribution in [-0.4, -0.2) is 20.1 Å². The third-order valence-electron chi connectivity index (χ3n) is 4.98. The Bertz CT molecular complexity index is 1170. The number of carbonyl (C=O) groups is 1. The summed E-state index contributed by atoms with van der Waals surface area (Å²) in [5.41, 5.74) is 2.54. The Labute approximate surface area is 175 Å². The zero-order chi connectivity index (χ0) is 20.9. The van der Waals surface area contributed by atoms with Gasteiger partial charge in [-0.15, -0.1) is 0 Å². The van der Waals surface area contributed by atoms with E-state index in [1.54, 1.807) is 14.2 Å². The standard InChI is InChI=1S/C25H22N2O3/c1-29-23-8-3-18(4-9-23)17-27-13-11-22(12-14-27)26-25(28)21-6-5-20-16-24(30-2)10-7-19(20)15-21/h3-16H,17H2,1-2H3/p+1. The van der Waals surface area contributed by atoms with Crippen molar-refractivity contribution in [2.45, 2.75) is 6.54 Å². The summed E-state index contributed by atoms with van der Waals surface area (Å²) in [5.74, 6) is 1.50. The topological polar surface area (TPSA) is 51.4 Å². The van der Waals surface area contributed by atoms with Crippen molar-refractivity contribution in [3.8, 4) is 11.5 Å². The van der Waals surface area contributed by atoms with Gasteiger partial charge in [-0.05, 0) is 59.3 Å². The Balaban J connectivity index is 1.43. The molecule has 3 aromatic carbocycles. The molecule has 4 aromatic rings. The lowest BCUT2D eigenvalue weighted by molar-refractivity contribution is -0.688. The lowest BCUT2D eigenvalue weighted by atomic mass is 10.1. The minimum absolute atomic E-state index is 0.138. The molecule has 5 nitrogen and oxygen atoms in total. The van der Waals surface area contributed by atoms with Crippen molar-refractivity contribution in [1.29, 1.82) is 0 Å². The summed E-state index contributed by atoms with van der Waals surface area (Å²) < 4.78 is 12.5. The van der Waals surface area contributed by atoms with E-state index in [2.05, 4.69) is 9.88 Å². The van der Waals surface area contributed by atoms with Crippen molar-refractivity contribution in [2.24, 2.45) is 0 Å². The molecule has 1 aromatic heterocycles. The van der Waals surface area contributed by atoms with Crippen LogP contribution < -0.4 is 19.4 Å². The Morgan fingerprint density at radius 3 is 2.13 bits per heavy atom. The van der Waals surface area contributed by atoms with Gasteiger partial charge in [0.15, 0.2) is 18.9 Å². The van der Waals surface area contributed by atoms with E-state index in [1.165, 1.54) is 5.56 Å². The Kier molecular flexibility index (Phi) is 5.61. The van der Waals surface area contributed by atoms with E-state index in [0.29, 0.717) is 5.56 Å². The average Bonchev–Trinajstić information content (AvgIpc) is 2.80. The molecule has 0 bridgehead atoms. The summed E-state index contributed by atoms with van der Waals surface area (Å²) in [4.78, 5) is 12.7. The Morgan fingerprint density at radius 2 is 1.43 bits per heavy atom. The third-order valence-corrected chi connectivity index (χ3v) is 4.98. The molecule has 0 atom stereocenters. The first kappa shape index (κ1) is 19.5. The normalized spacial score (nSPS) is 10.6. The minimum atomic E-state index is -0.138. The molecule has 4 rings (SSSR count). The van der Waals surface area contributed by atoms with Crippen LogP contribution in [0.25, 0.3) is 10.8 Å². The van der Waals surface area contributed by atoms with Crippen molar-refractivity contribution in [3.63, 3.8) is 0 Å². The van der Waals surface area contributed by atoms with Crippen LogP contribution in [0.5, 0.6) is 11.5 Å². The number of rotatable bonds is 6. The SMILES string of the molecule is COc1ccc(C[n+]2ccc(NC(=O)c3ccc4cc(OC)ccc4c3)cc2)cc1. The maximum atomic E-state index is 12.7. The molecular weight excluding hydrogens is 376 g/mol. The van der Waals surface area contributed by atoms with Crippen molar-refractivity contribution in [3.05, 3.63) is 96.3 Å². The van der Waals surface area contributed by atoms with Crippen LogP contribution in [-0.2, 0) is 6.54 Å². The van der Waals surface area contributed by atoms with Crippen LogP contribution in [0, 0.1) is 0 Å². The molecule has 0 aliphatic rings. The third kappa shape index (κ3) is 4.41. The first-order valence-corrected chi connectivity index (χ1v) is 9.66. The predicted octanol–water partition coefficient (Wildman–Crippen LogP) is 4.45. The second kappa shape index (κ2) is 8.66. The van der Waals surface area contributed by atoms with Crippen molar-refractivity contribution < 1.29 is 18.8 Å². The van der Waals surface area contributed by atoms with Crippen LogP contribution in [0.2, 0.25) is 0 Å². The predicted molar refractivity (Wildman–Crippen MR) is 117 cm³/mol. The van der Waals surface area contributed by atoms with Gasteiger partial charge in [0.1, 0.15) is 11.5 Å². The fourth-order valence-corrected chi connectivity index (χ4v) is 3.28. The summed E-state index contributed by atoms with van der Waals surface area (Å²) in [7, 11) is 3.30. The summed E-state index contributed by atoms with van der Waals surface area (Å²) >= 11 is 0. The van der Waals surface area contributed by atoms with Gasteiger partial charge < -0.3 is 14.8 Å². The number of hydrogen-bond acceptors (Lipinski definition) is 3. The molecule has 0 saturated heterocycles. The average molecular weight is 399 g/mol. The highest BCUT2D eigenvalue weighted by atomic mass is 16.5. The number of ether oxygens (including phenoxy) is 2. The second-order valence-electron chi connectivity index (χ2n) is 6.99. The summed E-state index contributed by atoms with van der Waals surface area (Å²) in [5, 5.41) is 4.98. The fourth-order valence-electron chi connectivity index (χ4n) is 3.28. The number of aromatic nitrogens is 1. The van der Waals surface area contributed by atoms with Crippen LogP contribution in [0.1, 0.15) is 15.9 Å². The Morgan fingerprint density at radius 1 is 0.800 bits per heavy atom. The first-order chi connectivity index (χ1) is 14.6. The number of methoxy groups -OCH3 is 2. The summed E-state index contributed by atoms with van der Waals surface area (Å²) in [6.07, 6.45) is 3.90. The molecule has 150 valence electrons. The number of hydrogen-bond donors (Lipinski definition) is 1. The van der Waals surface area contributed by atoms with Crippen molar-refractivity contribution in [2.75, 3.05) is 19.5 Å². The minimum Gasteiger partial charge on any atom is -0.497 e. The highest BCUT2D eigenvalue weighted by molar-refractivity contribution is 6.06. The van der Waals surface area contributed by atoms with Gasteiger partial charge in [-0.2, -0.15) is 0 Å². The Hall–Kier alpha value is -3.86. The van der Waals surface area contributed by atoms with Gasteiger partial charge in [0.05, 0.1) is 19.9 Å². The van der Waals surface area contributed by atoms with Gasteiger partial charge in [-0.25, -0.2) is 4.57 Å². The van der Waals surface area contributed by atoms with E-state index >= 15 is 0 Å². The molecule has 0 fully saturated rings. The van der Waals surface area contributed by atoms with Crippen LogP contribution in [0.4, 0.5) is 5.69 Å². The summed E-state index contributed by atoms with van der Waals surface area (Å²) in [6, 6.07) is 23.2. The van der Waals surface area contributed by atoms with Crippen LogP contribution in [0.15, 0.2) is 85.2 Å². The van der Waals surface area contributed by atoms with E-state index in [-0.39, 0.29) is 5.91 Å². The van der Waals surface area contributed by atoms with Crippen molar-refractivity contribution >= 4 is 22.4 Å². The first-order valence-electron chi connectivity index (χ1n) is 9.66. The molecule has 0 aliphatic heterocycles. The molecule has 0 radical (unpaired) electrons. The lowest BCUT2D eigenvalue weighted by Crippen LogP contribution is -2.33. The van der Waals surface area contributed by atoms with Gasteiger partial charge in [-0.1, -0.05) is 12.1 Å². The largest absolute Gasteiger partial charge is 0.497 e. The molecule has 0 aliphatic carbocycles. The maximum absolute atomic E-state index is 12.7. The smallest absolute Gasteiger partial charge is 0.255 e. The molecule has 1 amide bonds. The van der Waals surface area contributed by atoms with E-state index in [4.69, 9.17) is 9.47 Å². The number of fused-ring (bicyclic) bond motifs is 1. The van der Waals surface area contributed by atoms with Crippen LogP contribution in [0.3, 0.4) is 0 Å².